The van der Waals surface area contributed by atoms with Gasteiger partial charge in [-0.1, -0.05) is 12.1 Å². The molecule has 0 aromatic heterocycles. The van der Waals surface area contributed by atoms with Crippen LogP contribution in [0.4, 0.5) is 0 Å². The molecule has 0 fully saturated rings. The van der Waals surface area contributed by atoms with Crippen molar-refractivity contribution in [2.75, 3.05) is 0 Å². The van der Waals surface area contributed by atoms with E-state index >= 15 is 0 Å². The largest absolute Gasteiger partial charge is 0.121 e. The molecule has 0 heterocycles. The van der Waals surface area contributed by atoms with Crippen LogP contribution in [0.25, 0.3) is 0 Å². The second kappa shape index (κ2) is 4.19. The summed E-state index contributed by atoms with van der Waals surface area (Å²) >= 11 is 7.75. The Balaban J connectivity index is 2.75. The van der Waals surface area contributed by atoms with Crippen molar-refractivity contribution >= 4 is 34.2 Å². The summed E-state index contributed by atoms with van der Waals surface area (Å²) in [7, 11) is 0. The zero-order valence-electron chi connectivity index (χ0n) is 5.35. The smallest absolute Gasteiger partial charge is 0.0543 e. The van der Waals surface area contributed by atoms with Crippen molar-refractivity contribution in [3.05, 3.63) is 39.3 Å². The van der Waals surface area contributed by atoms with Gasteiger partial charge in [0.25, 0.3) is 0 Å². The molecule has 10 heavy (non-hydrogen) atoms. The summed E-state index contributed by atoms with van der Waals surface area (Å²) in [6.07, 6.45) is 0.846. The first-order valence-corrected chi connectivity index (χ1v) is 4.51. The lowest BCUT2D eigenvalue weighted by molar-refractivity contribution is 1.24. The maximum absolute atomic E-state index is 5.46. The molecule has 1 radical (unpaired) electrons. The van der Waals surface area contributed by atoms with E-state index in [4.69, 9.17) is 11.6 Å². The minimum Gasteiger partial charge on any atom is -0.121 e. The molecule has 0 spiro atoms. The maximum Gasteiger partial charge on any atom is 0.0543 e. The van der Waals surface area contributed by atoms with E-state index in [0.717, 1.165) is 6.42 Å². The molecular formula is C8H7ClI. The van der Waals surface area contributed by atoms with Gasteiger partial charge in [-0.15, -0.1) is 11.6 Å². The fourth-order valence-electron chi connectivity index (χ4n) is 0.753. The Morgan fingerprint density at radius 2 is 2.30 bits per heavy atom. The van der Waals surface area contributed by atoms with Crippen molar-refractivity contribution in [2.45, 2.75) is 6.42 Å². The first kappa shape index (κ1) is 8.34. The van der Waals surface area contributed by atoms with Crippen molar-refractivity contribution in [3.63, 3.8) is 0 Å². The van der Waals surface area contributed by atoms with Crippen LogP contribution in [-0.4, -0.2) is 0 Å². The Morgan fingerprint density at radius 3 is 2.90 bits per heavy atom. The van der Waals surface area contributed by atoms with E-state index in [1.165, 1.54) is 9.13 Å². The minimum atomic E-state index is 0.846. The van der Waals surface area contributed by atoms with Crippen LogP contribution in [0, 0.1) is 9.45 Å². The molecule has 0 aliphatic rings. The van der Waals surface area contributed by atoms with Crippen molar-refractivity contribution < 1.29 is 0 Å². The summed E-state index contributed by atoms with van der Waals surface area (Å²) < 4.78 is 1.26. The van der Waals surface area contributed by atoms with E-state index < -0.39 is 0 Å². The molecule has 0 bridgehead atoms. The third kappa shape index (κ3) is 2.46. The summed E-state index contributed by atoms with van der Waals surface area (Å²) in [5, 5.41) is 0. The molecule has 0 nitrogen and oxygen atoms in total. The Labute approximate surface area is 79.7 Å². The molecule has 1 aromatic carbocycles. The summed E-state index contributed by atoms with van der Waals surface area (Å²) in [5.74, 6) is 1.64. The van der Waals surface area contributed by atoms with Gasteiger partial charge in [0.05, 0.1) is 5.88 Å². The molecule has 0 atom stereocenters. The number of halogens is 2. The van der Waals surface area contributed by atoms with Gasteiger partial charge in [0.1, 0.15) is 0 Å². The molecule has 53 valence electrons. The van der Waals surface area contributed by atoms with Crippen molar-refractivity contribution in [2.24, 2.45) is 0 Å². The maximum atomic E-state index is 5.46. The Kier molecular flexibility index (Phi) is 3.49. The average molecular weight is 266 g/mol. The van der Waals surface area contributed by atoms with Crippen LogP contribution < -0.4 is 0 Å². The molecule has 0 saturated carbocycles. The predicted octanol–water partition coefficient (Wildman–Crippen LogP) is 3.23. The molecule has 1 rings (SSSR count). The lowest BCUT2D eigenvalue weighted by Gasteiger charge is -1.95. The highest BCUT2D eigenvalue weighted by molar-refractivity contribution is 14.1. The van der Waals surface area contributed by atoms with Gasteiger partial charge >= 0.3 is 0 Å². The van der Waals surface area contributed by atoms with E-state index in [9.17, 15) is 0 Å². The zero-order valence-corrected chi connectivity index (χ0v) is 8.26. The molecule has 0 unspecified atom stereocenters. The van der Waals surface area contributed by atoms with Crippen LogP contribution in [0.15, 0.2) is 24.3 Å². The van der Waals surface area contributed by atoms with Gasteiger partial charge in [0.15, 0.2) is 0 Å². The van der Waals surface area contributed by atoms with Gasteiger partial charge < -0.3 is 0 Å². The molecule has 0 saturated heterocycles. The van der Waals surface area contributed by atoms with Crippen LogP contribution in [0.5, 0.6) is 0 Å². The fraction of sp³-hybridized carbons (Fsp3) is 0.125. The number of hydrogen-bond acceptors (Lipinski definition) is 0. The van der Waals surface area contributed by atoms with Gasteiger partial charge in [-0.25, -0.2) is 0 Å². The normalized spacial score (nSPS) is 9.80. The van der Waals surface area contributed by atoms with Gasteiger partial charge in [-0.2, -0.15) is 0 Å². The van der Waals surface area contributed by atoms with Crippen LogP contribution in [0.2, 0.25) is 0 Å². The lowest BCUT2D eigenvalue weighted by atomic mass is 10.2. The Hall–Kier alpha value is 0.240. The van der Waals surface area contributed by atoms with E-state index in [0.29, 0.717) is 0 Å². The van der Waals surface area contributed by atoms with Crippen molar-refractivity contribution in [1.82, 2.24) is 0 Å². The second-order valence-electron chi connectivity index (χ2n) is 1.99. The highest BCUT2D eigenvalue weighted by Gasteiger charge is 1.91. The Morgan fingerprint density at radius 1 is 1.50 bits per heavy atom. The molecule has 0 aliphatic carbocycles. The number of benzene rings is 1. The van der Waals surface area contributed by atoms with Gasteiger partial charge in [0.2, 0.25) is 0 Å². The van der Waals surface area contributed by atoms with E-state index in [1.807, 2.05) is 6.07 Å². The topological polar surface area (TPSA) is 0 Å². The first-order chi connectivity index (χ1) is 4.83. The van der Waals surface area contributed by atoms with E-state index in [1.54, 1.807) is 5.88 Å². The average Bonchev–Trinajstić information content (AvgIpc) is 1.88. The van der Waals surface area contributed by atoms with Crippen LogP contribution in [0.1, 0.15) is 5.56 Å². The Bertz CT molecular complexity index is 210. The van der Waals surface area contributed by atoms with E-state index in [2.05, 4.69) is 40.8 Å². The molecule has 0 aliphatic heterocycles. The predicted molar refractivity (Wildman–Crippen MR) is 53.0 cm³/mol. The lowest BCUT2D eigenvalue weighted by Crippen LogP contribution is -1.81. The third-order valence-corrected chi connectivity index (χ3v) is 2.03. The monoisotopic (exact) mass is 265 g/mol. The minimum absolute atomic E-state index is 0.846. The highest BCUT2D eigenvalue weighted by atomic mass is 127. The first-order valence-electron chi connectivity index (χ1n) is 2.99. The highest BCUT2D eigenvalue weighted by Crippen LogP contribution is 2.09. The summed E-state index contributed by atoms with van der Waals surface area (Å²) in [6.45, 7) is 0. The molecular weight excluding hydrogens is 258 g/mol. The van der Waals surface area contributed by atoms with Crippen LogP contribution >= 0.6 is 34.2 Å². The van der Waals surface area contributed by atoms with Gasteiger partial charge in [-0.05, 0) is 46.7 Å². The van der Waals surface area contributed by atoms with Crippen LogP contribution in [-0.2, 0) is 6.42 Å². The van der Waals surface area contributed by atoms with Crippen molar-refractivity contribution in [1.29, 1.82) is 0 Å². The number of rotatable bonds is 2. The zero-order chi connectivity index (χ0) is 7.40. The summed E-state index contributed by atoms with van der Waals surface area (Å²) in [6, 6.07) is 8.30. The fourth-order valence-corrected chi connectivity index (χ4v) is 1.54. The van der Waals surface area contributed by atoms with Crippen molar-refractivity contribution in [3.8, 4) is 0 Å². The number of hydrogen-bond donors (Lipinski definition) is 0. The van der Waals surface area contributed by atoms with Crippen LogP contribution in [0.3, 0.4) is 0 Å². The molecule has 0 N–H and O–H groups in total. The van der Waals surface area contributed by atoms with E-state index in [-0.39, 0.29) is 0 Å². The van der Waals surface area contributed by atoms with Gasteiger partial charge in [-0.3, -0.25) is 0 Å². The SMILES string of the molecule is Cl[CH]Cc1cccc(I)c1. The van der Waals surface area contributed by atoms with Gasteiger partial charge in [0, 0.05) is 3.57 Å². The summed E-state index contributed by atoms with van der Waals surface area (Å²) in [5.41, 5.74) is 1.27. The quantitative estimate of drug-likeness (QED) is 0.720. The molecule has 0 amide bonds. The molecule has 2 heteroatoms. The molecule has 1 aromatic rings. The standard InChI is InChI=1S/C8H7ClI/c9-5-4-7-2-1-3-8(10)6-7/h1-3,5-6H,4H2. The summed E-state index contributed by atoms with van der Waals surface area (Å²) in [4.78, 5) is 0. The third-order valence-electron chi connectivity index (χ3n) is 1.20. The second-order valence-corrected chi connectivity index (χ2v) is 3.54.